The first-order chi connectivity index (χ1) is 13.5. The molecule has 142 valence electrons. The monoisotopic (exact) mass is 377 g/mol. The highest BCUT2D eigenvalue weighted by Crippen LogP contribution is 2.32. The fourth-order valence-electron chi connectivity index (χ4n) is 3.07. The molecule has 2 heterocycles. The van der Waals surface area contributed by atoms with E-state index in [9.17, 15) is 9.90 Å². The van der Waals surface area contributed by atoms with Gasteiger partial charge >= 0.3 is 0 Å². The molecule has 0 aliphatic rings. The summed E-state index contributed by atoms with van der Waals surface area (Å²) in [6.45, 7) is 3.91. The fourth-order valence-corrected chi connectivity index (χ4v) is 3.07. The van der Waals surface area contributed by atoms with Crippen LogP contribution in [0.3, 0.4) is 0 Å². The van der Waals surface area contributed by atoms with Gasteiger partial charge in [0, 0.05) is 18.0 Å². The number of benzene rings is 2. The van der Waals surface area contributed by atoms with E-state index in [1.54, 1.807) is 31.3 Å². The number of pyridine rings is 1. The van der Waals surface area contributed by atoms with Gasteiger partial charge in [-0.3, -0.25) is 4.79 Å². The topological polar surface area (TPSA) is 90.4 Å². The molecule has 0 aliphatic carbocycles. The molecule has 0 saturated heterocycles. The van der Waals surface area contributed by atoms with Gasteiger partial charge in [-0.1, -0.05) is 17.3 Å². The molecular formula is C21H19N3O4. The maximum absolute atomic E-state index is 12.8. The summed E-state index contributed by atoms with van der Waals surface area (Å²) >= 11 is 0. The van der Waals surface area contributed by atoms with E-state index >= 15 is 0 Å². The summed E-state index contributed by atoms with van der Waals surface area (Å²) in [5.74, 6) is 0.861. The Kier molecular flexibility index (Phi) is 4.35. The van der Waals surface area contributed by atoms with Crippen LogP contribution in [0.15, 0.2) is 57.8 Å². The number of aryl methyl sites for hydroxylation is 1. The van der Waals surface area contributed by atoms with E-state index < -0.39 is 5.56 Å². The minimum absolute atomic E-state index is 0.0142. The fraction of sp³-hybridized carbons (Fsp3) is 0.190. The average molecular weight is 377 g/mol. The number of fused-ring (bicyclic) bond motifs is 1. The van der Waals surface area contributed by atoms with Crippen molar-refractivity contribution in [3.8, 4) is 34.3 Å². The normalized spacial score (nSPS) is 11.3. The maximum atomic E-state index is 12.8. The van der Waals surface area contributed by atoms with Gasteiger partial charge in [0.1, 0.15) is 17.1 Å². The van der Waals surface area contributed by atoms with E-state index in [-0.39, 0.29) is 23.3 Å². The maximum Gasteiger partial charge on any atom is 0.267 e. The predicted octanol–water partition coefficient (Wildman–Crippen LogP) is 3.75. The van der Waals surface area contributed by atoms with Crippen LogP contribution >= 0.6 is 0 Å². The van der Waals surface area contributed by atoms with Crippen molar-refractivity contribution < 1.29 is 14.4 Å². The summed E-state index contributed by atoms with van der Waals surface area (Å²) in [5.41, 5.74) is 0.907. The lowest BCUT2D eigenvalue weighted by Gasteiger charge is -2.09. The van der Waals surface area contributed by atoms with Crippen molar-refractivity contribution in [3.05, 3.63) is 58.9 Å². The molecule has 0 radical (unpaired) electrons. The van der Waals surface area contributed by atoms with E-state index in [1.165, 1.54) is 4.57 Å². The largest absolute Gasteiger partial charge is 0.506 e. The van der Waals surface area contributed by atoms with Crippen molar-refractivity contribution in [2.75, 3.05) is 0 Å². The molecule has 0 amide bonds. The van der Waals surface area contributed by atoms with Gasteiger partial charge in [0.25, 0.3) is 11.4 Å². The quantitative estimate of drug-likeness (QED) is 0.582. The van der Waals surface area contributed by atoms with E-state index in [0.29, 0.717) is 22.3 Å². The van der Waals surface area contributed by atoms with Crippen LogP contribution in [-0.2, 0) is 7.05 Å². The van der Waals surface area contributed by atoms with Crippen LogP contribution in [-0.4, -0.2) is 25.9 Å². The Balaban J connectivity index is 1.77. The van der Waals surface area contributed by atoms with Crippen molar-refractivity contribution in [2.45, 2.75) is 20.0 Å². The number of hydrogen-bond acceptors (Lipinski definition) is 6. The van der Waals surface area contributed by atoms with Crippen LogP contribution in [0, 0.1) is 0 Å². The second kappa shape index (κ2) is 6.84. The van der Waals surface area contributed by atoms with Gasteiger partial charge < -0.3 is 18.9 Å². The predicted molar refractivity (Wildman–Crippen MR) is 105 cm³/mol. The molecule has 0 aliphatic heterocycles. The number of aromatic hydroxyl groups is 1. The van der Waals surface area contributed by atoms with Gasteiger partial charge in [-0.05, 0) is 50.2 Å². The number of hydrogen-bond donors (Lipinski definition) is 1. The molecule has 7 heteroatoms. The molecule has 7 nitrogen and oxygen atoms in total. The van der Waals surface area contributed by atoms with Gasteiger partial charge in [-0.25, -0.2) is 0 Å². The first-order valence-electron chi connectivity index (χ1n) is 8.87. The Hall–Kier alpha value is -3.61. The Morgan fingerprint density at radius 1 is 1.11 bits per heavy atom. The summed E-state index contributed by atoms with van der Waals surface area (Å²) < 4.78 is 12.4. The second-order valence-corrected chi connectivity index (χ2v) is 6.72. The zero-order valence-electron chi connectivity index (χ0n) is 15.7. The Morgan fingerprint density at radius 3 is 2.54 bits per heavy atom. The van der Waals surface area contributed by atoms with Crippen LogP contribution in [0.1, 0.15) is 13.8 Å². The smallest absolute Gasteiger partial charge is 0.267 e. The number of ether oxygens (including phenoxy) is 1. The lowest BCUT2D eigenvalue weighted by atomic mass is 10.1. The van der Waals surface area contributed by atoms with Gasteiger partial charge in [0.05, 0.1) is 11.6 Å². The first kappa shape index (κ1) is 17.8. The molecule has 0 fully saturated rings. The summed E-state index contributed by atoms with van der Waals surface area (Å²) in [7, 11) is 1.64. The molecule has 4 aromatic rings. The van der Waals surface area contributed by atoms with Crippen LogP contribution < -0.4 is 10.3 Å². The van der Waals surface area contributed by atoms with Crippen LogP contribution in [0.5, 0.6) is 11.5 Å². The zero-order chi connectivity index (χ0) is 19.8. The summed E-state index contributed by atoms with van der Waals surface area (Å²) in [4.78, 5) is 17.1. The molecule has 0 atom stereocenters. The average Bonchev–Trinajstić information content (AvgIpc) is 3.16. The van der Waals surface area contributed by atoms with Crippen molar-refractivity contribution in [3.63, 3.8) is 0 Å². The third kappa shape index (κ3) is 3.00. The minimum atomic E-state index is -0.410. The summed E-state index contributed by atoms with van der Waals surface area (Å²) in [6, 6.07) is 14.3. The Morgan fingerprint density at radius 2 is 1.82 bits per heavy atom. The van der Waals surface area contributed by atoms with E-state index in [0.717, 1.165) is 5.75 Å². The summed E-state index contributed by atoms with van der Waals surface area (Å²) in [6.07, 6.45) is 0.0784. The van der Waals surface area contributed by atoms with E-state index in [2.05, 4.69) is 10.1 Å². The summed E-state index contributed by atoms with van der Waals surface area (Å²) in [5, 5.41) is 15.1. The molecule has 2 aromatic heterocycles. The van der Waals surface area contributed by atoms with Gasteiger partial charge in [0.15, 0.2) is 0 Å². The standard InChI is InChI=1S/C21H19N3O4/c1-12(2)27-14-10-8-13(9-11-14)19-22-20(28-23-19)17-18(25)15-6-4-5-7-16(15)24(3)21(17)26/h4-12,25H,1-3H3. The Labute approximate surface area is 160 Å². The lowest BCUT2D eigenvalue weighted by molar-refractivity contribution is 0.242. The van der Waals surface area contributed by atoms with Gasteiger partial charge in [0.2, 0.25) is 5.82 Å². The number of rotatable bonds is 4. The van der Waals surface area contributed by atoms with Crippen molar-refractivity contribution in [1.82, 2.24) is 14.7 Å². The van der Waals surface area contributed by atoms with E-state index in [4.69, 9.17) is 9.26 Å². The highest BCUT2D eigenvalue weighted by Gasteiger charge is 2.22. The van der Waals surface area contributed by atoms with E-state index in [1.807, 2.05) is 38.1 Å². The number of aromatic nitrogens is 3. The molecule has 0 bridgehead atoms. The molecule has 0 saturated carbocycles. The Bertz CT molecular complexity index is 1210. The zero-order valence-corrected chi connectivity index (χ0v) is 15.7. The van der Waals surface area contributed by atoms with Crippen LogP contribution in [0.4, 0.5) is 0 Å². The third-order valence-electron chi connectivity index (χ3n) is 4.40. The molecule has 0 unspecified atom stereocenters. The third-order valence-corrected chi connectivity index (χ3v) is 4.40. The molecular weight excluding hydrogens is 358 g/mol. The lowest BCUT2D eigenvalue weighted by Crippen LogP contribution is -2.19. The molecule has 28 heavy (non-hydrogen) atoms. The van der Waals surface area contributed by atoms with Crippen LogP contribution in [0.2, 0.25) is 0 Å². The second-order valence-electron chi connectivity index (χ2n) is 6.72. The molecule has 1 N–H and O–H groups in total. The highest BCUT2D eigenvalue weighted by molar-refractivity contribution is 5.90. The van der Waals surface area contributed by atoms with Crippen molar-refractivity contribution >= 4 is 10.9 Å². The van der Waals surface area contributed by atoms with Crippen LogP contribution in [0.25, 0.3) is 33.7 Å². The van der Waals surface area contributed by atoms with Gasteiger partial charge in [-0.15, -0.1) is 0 Å². The highest BCUT2D eigenvalue weighted by atomic mass is 16.5. The van der Waals surface area contributed by atoms with Crippen molar-refractivity contribution in [1.29, 1.82) is 0 Å². The van der Waals surface area contributed by atoms with Gasteiger partial charge in [-0.2, -0.15) is 4.98 Å². The molecule has 0 spiro atoms. The number of nitrogens with zero attached hydrogens (tertiary/aromatic N) is 3. The molecule has 4 rings (SSSR count). The SMILES string of the molecule is CC(C)Oc1ccc(-c2noc(-c3c(O)c4ccccc4n(C)c3=O)n2)cc1. The van der Waals surface area contributed by atoms with Crippen molar-refractivity contribution in [2.24, 2.45) is 7.05 Å². The molecule has 2 aromatic carbocycles. The number of para-hydroxylation sites is 1. The first-order valence-corrected chi connectivity index (χ1v) is 8.87. The minimum Gasteiger partial charge on any atom is -0.506 e.